The molecule has 7 nitrogen and oxygen atoms in total. The van der Waals surface area contributed by atoms with Gasteiger partial charge >= 0.3 is 6.03 Å². The van der Waals surface area contributed by atoms with Crippen LogP contribution in [0.15, 0.2) is 18.2 Å². The van der Waals surface area contributed by atoms with Crippen molar-refractivity contribution in [3.8, 4) is 0 Å². The van der Waals surface area contributed by atoms with Crippen molar-refractivity contribution in [1.82, 2.24) is 9.80 Å². The van der Waals surface area contributed by atoms with E-state index in [0.717, 1.165) is 31.4 Å². The number of anilines is 2. The predicted molar refractivity (Wildman–Crippen MR) is 104 cm³/mol. The minimum atomic E-state index is -0.186. The Hall–Kier alpha value is -2.12. The number of carbonyl (C=O) groups excluding carboxylic acids is 2. The molecule has 1 fully saturated rings. The van der Waals surface area contributed by atoms with Gasteiger partial charge in [0.15, 0.2) is 0 Å². The fraction of sp³-hybridized carbons (Fsp3) is 0.579. The highest BCUT2D eigenvalue weighted by atomic mass is 16.5. The number of rotatable bonds is 6. The van der Waals surface area contributed by atoms with Crippen LogP contribution in [0.5, 0.6) is 0 Å². The first-order valence-electron chi connectivity index (χ1n) is 9.04. The summed E-state index contributed by atoms with van der Waals surface area (Å²) < 4.78 is 5.69. The third kappa shape index (κ3) is 6.31. The lowest BCUT2D eigenvalue weighted by Crippen LogP contribution is -2.39. The normalized spacial score (nSPS) is 17.0. The van der Waals surface area contributed by atoms with Gasteiger partial charge in [-0.3, -0.25) is 4.79 Å². The molecular weight excluding hydrogens is 332 g/mol. The SMILES string of the molecule is Cc1ccc(NC(=O)N(C)C[C@@H]2CCCCO2)cc1NC(=O)CN(C)C. The van der Waals surface area contributed by atoms with Gasteiger partial charge in [-0.25, -0.2) is 4.79 Å². The first-order chi connectivity index (χ1) is 12.3. The molecule has 0 radical (unpaired) electrons. The number of hydrogen-bond acceptors (Lipinski definition) is 4. The molecular formula is C19H30N4O3. The highest BCUT2D eigenvalue weighted by Gasteiger charge is 2.19. The van der Waals surface area contributed by atoms with Crippen LogP contribution in [0.4, 0.5) is 16.2 Å². The Morgan fingerprint density at radius 1 is 1.19 bits per heavy atom. The van der Waals surface area contributed by atoms with Gasteiger partial charge in [0.25, 0.3) is 0 Å². The van der Waals surface area contributed by atoms with E-state index in [4.69, 9.17) is 4.74 Å². The minimum absolute atomic E-state index is 0.0897. The molecule has 1 saturated heterocycles. The molecule has 1 heterocycles. The van der Waals surface area contributed by atoms with Crippen molar-refractivity contribution in [2.75, 3.05) is 51.5 Å². The number of nitrogens with one attached hydrogen (secondary N) is 2. The van der Waals surface area contributed by atoms with Crippen LogP contribution in [-0.2, 0) is 9.53 Å². The summed E-state index contributed by atoms with van der Waals surface area (Å²) in [6.07, 6.45) is 3.34. The van der Waals surface area contributed by atoms with E-state index in [0.29, 0.717) is 24.5 Å². The fourth-order valence-corrected chi connectivity index (χ4v) is 2.87. The van der Waals surface area contributed by atoms with Crippen molar-refractivity contribution >= 4 is 23.3 Å². The molecule has 1 aromatic carbocycles. The topological polar surface area (TPSA) is 73.9 Å². The van der Waals surface area contributed by atoms with Gasteiger partial charge < -0.3 is 25.2 Å². The van der Waals surface area contributed by atoms with E-state index in [1.807, 2.05) is 33.2 Å². The summed E-state index contributed by atoms with van der Waals surface area (Å²) in [6, 6.07) is 5.31. The number of urea groups is 1. The molecule has 7 heteroatoms. The van der Waals surface area contributed by atoms with Gasteiger partial charge in [-0.15, -0.1) is 0 Å². The monoisotopic (exact) mass is 362 g/mol. The van der Waals surface area contributed by atoms with Gasteiger partial charge in [-0.2, -0.15) is 0 Å². The van der Waals surface area contributed by atoms with Crippen molar-refractivity contribution < 1.29 is 14.3 Å². The molecule has 3 amide bonds. The van der Waals surface area contributed by atoms with E-state index < -0.39 is 0 Å². The molecule has 0 aromatic heterocycles. The van der Waals surface area contributed by atoms with E-state index in [1.165, 1.54) is 0 Å². The Balaban J connectivity index is 1.94. The van der Waals surface area contributed by atoms with Crippen LogP contribution in [0.2, 0.25) is 0 Å². The van der Waals surface area contributed by atoms with Gasteiger partial charge in [-0.05, 0) is 58.0 Å². The van der Waals surface area contributed by atoms with Crippen LogP contribution < -0.4 is 10.6 Å². The summed E-state index contributed by atoms with van der Waals surface area (Å²) in [5.41, 5.74) is 2.30. The van der Waals surface area contributed by atoms with Crippen LogP contribution in [0.25, 0.3) is 0 Å². The van der Waals surface area contributed by atoms with Crippen molar-refractivity contribution in [3.63, 3.8) is 0 Å². The summed E-state index contributed by atoms with van der Waals surface area (Å²) in [6.45, 7) is 3.57. The van der Waals surface area contributed by atoms with Crippen LogP contribution in [0, 0.1) is 6.92 Å². The molecule has 0 aliphatic carbocycles. The van der Waals surface area contributed by atoms with Crippen molar-refractivity contribution in [2.24, 2.45) is 0 Å². The van der Waals surface area contributed by atoms with E-state index in [9.17, 15) is 9.59 Å². The molecule has 0 unspecified atom stereocenters. The number of amides is 3. The van der Waals surface area contributed by atoms with Crippen LogP contribution >= 0.6 is 0 Å². The fourth-order valence-electron chi connectivity index (χ4n) is 2.87. The van der Waals surface area contributed by atoms with Gasteiger partial charge in [0.1, 0.15) is 0 Å². The first kappa shape index (κ1) is 20.2. The summed E-state index contributed by atoms with van der Waals surface area (Å²) >= 11 is 0. The molecule has 1 aliphatic rings. The highest BCUT2D eigenvalue weighted by molar-refractivity contribution is 5.95. The quantitative estimate of drug-likeness (QED) is 0.816. The molecule has 2 N–H and O–H groups in total. The third-order valence-corrected chi connectivity index (χ3v) is 4.32. The Morgan fingerprint density at radius 3 is 2.62 bits per heavy atom. The molecule has 0 bridgehead atoms. The summed E-state index contributed by atoms with van der Waals surface area (Å²) in [5.74, 6) is -0.0897. The van der Waals surface area contributed by atoms with Gasteiger partial charge in [0, 0.05) is 31.6 Å². The Labute approximate surface area is 155 Å². The number of benzene rings is 1. The number of nitrogens with zero attached hydrogens (tertiary/aromatic N) is 2. The lowest BCUT2D eigenvalue weighted by Gasteiger charge is -2.27. The number of ether oxygens (including phenoxy) is 1. The predicted octanol–water partition coefficient (Wildman–Crippen LogP) is 2.53. The lowest BCUT2D eigenvalue weighted by atomic mass is 10.1. The third-order valence-electron chi connectivity index (χ3n) is 4.32. The van der Waals surface area contributed by atoms with Crippen molar-refractivity contribution in [1.29, 1.82) is 0 Å². The minimum Gasteiger partial charge on any atom is -0.376 e. The van der Waals surface area contributed by atoms with E-state index in [-0.39, 0.29) is 18.0 Å². The maximum absolute atomic E-state index is 12.4. The Morgan fingerprint density at radius 2 is 1.96 bits per heavy atom. The molecule has 1 atom stereocenters. The standard InChI is InChI=1S/C19H30N4O3/c1-14-8-9-15(11-17(14)21-18(24)13-22(2)3)20-19(25)23(4)12-16-7-5-6-10-26-16/h8-9,11,16H,5-7,10,12-13H2,1-4H3,(H,20,25)(H,21,24)/t16-/m0/s1. The van der Waals surface area contributed by atoms with E-state index in [2.05, 4.69) is 10.6 Å². The van der Waals surface area contributed by atoms with Crippen molar-refractivity contribution in [2.45, 2.75) is 32.3 Å². The molecule has 1 aromatic rings. The molecule has 0 saturated carbocycles. The molecule has 1 aliphatic heterocycles. The Kier molecular flexibility index (Phi) is 7.41. The van der Waals surface area contributed by atoms with E-state index in [1.54, 1.807) is 22.9 Å². The van der Waals surface area contributed by atoms with Gasteiger partial charge in [0.2, 0.25) is 5.91 Å². The van der Waals surface area contributed by atoms with Crippen LogP contribution in [-0.4, -0.2) is 68.7 Å². The maximum atomic E-state index is 12.4. The zero-order chi connectivity index (χ0) is 19.1. The molecule has 2 rings (SSSR count). The molecule has 0 spiro atoms. The average molecular weight is 362 g/mol. The second kappa shape index (κ2) is 9.54. The van der Waals surface area contributed by atoms with E-state index >= 15 is 0 Å². The van der Waals surface area contributed by atoms with Crippen LogP contribution in [0.1, 0.15) is 24.8 Å². The zero-order valence-electron chi connectivity index (χ0n) is 16.2. The molecule has 26 heavy (non-hydrogen) atoms. The summed E-state index contributed by atoms with van der Waals surface area (Å²) in [5, 5.41) is 5.77. The number of aryl methyl sites for hydroxylation is 1. The number of carbonyl (C=O) groups is 2. The van der Waals surface area contributed by atoms with Gasteiger partial charge in [0.05, 0.1) is 12.6 Å². The van der Waals surface area contributed by atoms with Gasteiger partial charge in [-0.1, -0.05) is 6.07 Å². The largest absolute Gasteiger partial charge is 0.376 e. The molecule has 144 valence electrons. The Bertz CT molecular complexity index is 627. The second-order valence-corrected chi connectivity index (χ2v) is 7.11. The first-order valence-corrected chi connectivity index (χ1v) is 9.04. The average Bonchev–Trinajstić information content (AvgIpc) is 2.58. The summed E-state index contributed by atoms with van der Waals surface area (Å²) in [7, 11) is 5.45. The zero-order valence-corrected chi connectivity index (χ0v) is 16.2. The van der Waals surface area contributed by atoms with Crippen molar-refractivity contribution in [3.05, 3.63) is 23.8 Å². The maximum Gasteiger partial charge on any atom is 0.321 e. The number of hydrogen-bond donors (Lipinski definition) is 2. The highest BCUT2D eigenvalue weighted by Crippen LogP contribution is 2.21. The summed E-state index contributed by atoms with van der Waals surface area (Å²) in [4.78, 5) is 27.8. The smallest absolute Gasteiger partial charge is 0.321 e. The number of likely N-dealkylation sites (N-methyl/N-ethyl adjacent to an activating group) is 2. The lowest BCUT2D eigenvalue weighted by molar-refractivity contribution is -0.116. The van der Waals surface area contributed by atoms with Crippen LogP contribution in [0.3, 0.4) is 0 Å². The second-order valence-electron chi connectivity index (χ2n) is 7.11.